The Labute approximate surface area is 138 Å². The van der Waals surface area contributed by atoms with Crippen molar-refractivity contribution in [1.29, 1.82) is 0 Å². The fourth-order valence-corrected chi connectivity index (χ4v) is 3.03. The van der Waals surface area contributed by atoms with E-state index in [2.05, 4.69) is 9.88 Å². The monoisotopic (exact) mass is 326 g/mol. The summed E-state index contributed by atoms with van der Waals surface area (Å²) in [5, 5.41) is 0.482. The highest BCUT2D eigenvalue weighted by Crippen LogP contribution is 2.33. The molecule has 0 bridgehead atoms. The quantitative estimate of drug-likeness (QED) is 0.730. The SMILES string of the molecule is Fc1ccc(CCN2COc3c(cc(F)c4cccnc34)C2)cc1. The number of aromatic nitrogens is 1. The van der Waals surface area contributed by atoms with Gasteiger partial charge in [0.1, 0.15) is 23.9 Å². The zero-order valence-corrected chi connectivity index (χ0v) is 13.0. The number of benzene rings is 2. The van der Waals surface area contributed by atoms with Gasteiger partial charge < -0.3 is 4.74 Å². The Morgan fingerprint density at radius 1 is 1.12 bits per heavy atom. The highest BCUT2D eigenvalue weighted by atomic mass is 19.1. The summed E-state index contributed by atoms with van der Waals surface area (Å²) >= 11 is 0. The molecule has 0 spiro atoms. The largest absolute Gasteiger partial charge is 0.475 e. The molecule has 0 atom stereocenters. The smallest absolute Gasteiger partial charge is 0.152 e. The third-order valence-corrected chi connectivity index (χ3v) is 4.29. The minimum absolute atomic E-state index is 0.233. The van der Waals surface area contributed by atoms with Crippen molar-refractivity contribution in [3.63, 3.8) is 0 Å². The van der Waals surface area contributed by atoms with Gasteiger partial charge in [-0.2, -0.15) is 0 Å². The topological polar surface area (TPSA) is 25.4 Å². The molecule has 0 fully saturated rings. The maximum absolute atomic E-state index is 14.2. The van der Waals surface area contributed by atoms with E-state index in [1.165, 1.54) is 18.2 Å². The Morgan fingerprint density at radius 3 is 2.79 bits per heavy atom. The van der Waals surface area contributed by atoms with E-state index >= 15 is 0 Å². The molecule has 3 aromatic rings. The number of pyridine rings is 1. The van der Waals surface area contributed by atoms with Gasteiger partial charge in [-0.05, 0) is 42.3 Å². The molecule has 0 unspecified atom stereocenters. The molecule has 0 saturated heterocycles. The van der Waals surface area contributed by atoms with E-state index in [-0.39, 0.29) is 11.6 Å². The lowest BCUT2D eigenvalue weighted by molar-refractivity contribution is 0.0978. The first kappa shape index (κ1) is 15.0. The normalized spacial score (nSPS) is 14.4. The van der Waals surface area contributed by atoms with E-state index in [1.54, 1.807) is 30.5 Å². The molecule has 1 aliphatic rings. The van der Waals surface area contributed by atoms with Gasteiger partial charge in [0.25, 0.3) is 0 Å². The minimum atomic E-state index is -0.277. The van der Waals surface area contributed by atoms with Crippen LogP contribution in [0.5, 0.6) is 5.75 Å². The highest BCUT2D eigenvalue weighted by molar-refractivity contribution is 5.86. The van der Waals surface area contributed by atoms with Crippen LogP contribution in [0.3, 0.4) is 0 Å². The van der Waals surface area contributed by atoms with Crippen LogP contribution >= 0.6 is 0 Å². The molecule has 1 aromatic heterocycles. The molecule has 2 heterocycles. The van der Waals surface area contributed by atoms with Crippen LogP contribution in [-0.4, -0.2) is 23.2 Å². The van der Waals surface area contributed by atoms with Crippen molar-refractivity contribution < 1.29 is 13.5 Å². The lowest BCUT2D eigenvalue weighted by Gasteiger charge is -2.29. The van der Waals surface area contributed by atoms with Crippen LogP contribution in [0.25, 0.3) is 10.9 Å². The molecule has 4 rings (SSSR count). The number of ether oxygens (including phenoxy) is 1. The van der Waals surface area contributed by atoms with Crippen molar-refractivity contribution >= 4 is 10.9 Å². The highest BCUT2D eigenvalue weighted by Gasteiger charge is 2.22. The summed E-state index contributed by atoms with van der Waals surface area (Å²) in [6, 6.07) is 11.5. The van der Waals surface area contributed by atoms with Gasteiger partial charge in [-0.15, -0.1) is 0 Å². The Morgan fingerprint density at radius 2 is 1.96 bits per heavy atom. The summed E-state index contributed by atoms with van der Waals surface area (Å²) in [6.07, 6.45) is 2.43. The third-order valence-electron chi connectivity index (χ3n) is 4.29. The average molecular weight is 326 g/mol. The van der Waals surface area contributed by atoms with Crippen molar-refractivity contribution in [3.8, 4) is 5.75 Å². The molecule has 3 nitrogen and oxygen atoms in total. The van der Waals surface area contributed by atoms with Crippen LogP contribution in [0, 0.1) is 11.6 Å². The maximum atomic E-state index is 14.2. The molecule has 5 heteroatoms. The van der Waals surface area contributed by atoms with Crippen LogP contribution in [0.2, 0.25) is 0 Å². The van der Waals surface area contributed by atoms with Gasteiger partial charge in [0.2, 0.25) is 0 Å². The van der Waals surface area contributed by atoms with Crippen molar-refractivity contribution in [2.45, 2.75) is 13.0 Å². The second-order valence-electron chi connectivity index (χ2n) is 5.95. The van der Waals surface area contributed by atoms with Crippen LogP contribution in [0.4, 0.5) is 8.78 Å². The summed E-state index contributed by atoms with van der Waals surface area (Å²) < 4.78 is 33.0. The molecule has 122 valence electrons. The molecule has 0 saturated carbocycles. The molecular weight excluding hydrogens is 310 g/mol. The molecule has 0 radical (unpaired) electrons. The predicted octanol–water partition coefficient (Wildman–Crippen LogP) is 3.91. The van der Waals surface area contributed by atoms with Crippen molar-refractivity contribution in [2.24, 2.45) is 0 Å². The second kappa shape index (κ2) is 6.17. The van der Waals surface area contributed by atoms with Crippen LogP contribution in [0.1, 0.15) is 11.1 Å². The average Bonchev–Trinajstić information content (AvgIpc) is 2.61. The summed E-state index contributed by atoms with van der Waals surface area (Å²) in [4.78, 5) is 6.36. The Hall–Kier alpha value is -2.53. The van der Waals surface area contributed by atoms with Gasteiger partial charge in [-0.25, -0.2) is 8.78 Å². The van der Waals surface area contributed by atoms with Crippen molar-refractivity contribution in [2.75, 3.05) is 13.3 Å². The predicted molar refractivity (Wildman–Crippen MR) is 87.7 cm³/mol. The van der Waals surface area contributed by atoms with Gasteiger partial charge in [0.15, 0.2) is 5.75 Å². The Kier molecular flexibility index (Phi) is 3.86. The second-order valence-corrected chi connectivity index (χ2v) is 5.95. The van der Waals surface area contributed by atoms with E-state index in [4.69, 9.17) is 4.74 Å². The number of rotatable bonds is 3. The number of fused-ring (bicyclic) bond motifs is 3. The maximum Gasteiger partial charge on any atom is 0.152 e. The van der Waals surface area contributed by atoms with Gasteiger partial charge in [0.05, 0.1) is 0 Å². The van der Waals surface area contributed by atoms with Gasteiger partial charge in [-0.3, -0.25) is 9.88 Å². The fourth-order valence-electron chi connectivity index (χ4n) is 3.03. The Bertz CT molecular complexity index is 880. The third kappa shape index (κ3) is 2.83. The number of nitrogens with zero attached hydrogens (tertiary/aromatic N) is 2. The fraction of sp³-hybridized carbons (Fsp3) is 0.211. The first-order valence-corrected chi connectivity index (χ1v) is 7.86. The standard InChI is InChI=1S/C19H16F2N2O/c20-15-5-3-13(4-6-15)7-9-23-11-14-10-17(21)16-2-1-8-22-18(16)19(14)24-12-23/h1-6,8,10H,7,9,11-12H2. The summed E-state index contributed by atoms with van der Waals surface area (Å²) in [5.41, 5.74) is 2.45. The Balaban J connectivity index is 1.52. The minimum Gasteiger partial charge on any atom is -0.475 e. The summed E-state index contributed by atoms with van der Waals surface area (Å²) in [6.45, 7) is 1.80. The van der Waals surface area contributed by atoms with Crippen LogP contribution < -0.4 is 4.74 Å². The van der Waals surface area contributed by atoms with E-state index < -0.39 is 0 Å². The lowest BCUT2D eigenvalue weighted by Crippen LogP contribution is -2.33. The van der Waals surface area contributed by atoms with E-state index in [1.807, 2.05) is 0 Å². The number of halogens is 2. The van der Waals surface area contributed by atoms with Gasteiger partial charge in [-0.1, -0.05) is 12.1 Å². The van der Waals surface area contributed by atoms with Gasteiger partial charge >= 0.3 is 0 Å². The number of hydrogen-bond donors (Lipinski definition) is 0. The molecule has 0 amide bonds. The summed E-state index contributed by atoms with van der Waals surface area (Å²) in [7, 11) is 0. The first-order chi connectivity index (χ1) is 11.7. The molecule has 1 aliphatic heterocycles. The molecular formula is C19H16F2N2O. The van der Waals surface area contributed by atoms with Crippen molar-refractivity contribution in [3.05, 3.63) is 71.4 Å². The van der Waals surface area contributed by atoms with E-state index in [9.17, 15) is 8.78 Å². The number of hydrogen-bond acceptors (Lipinski definition) is 3. The molecule has 24 heavy (non-hydrogen) atoms. The zero-order valence-electron chi connectivity index (χ0n) is 13.0. The lowest BCUT2D eigenvalue weighted by atomic mass is 10.1. The van der Waals surface area contributed by atoms with E-state index in [0.717, 1.165) is 24.1 Å². The van der Waals surface area contributed by atoms with Crippen LogP contribution in [-0.2, 0) is 13.0 Å². The van der Waals surface area contributed by atoms with Crippen molar-refractivity contribution in [1.82, 2.24) is 9.88 Å². The van der Waals surface area contributed by atoms with Crippen LogP contribution in [0.15, 0.2) is 48.7 Å². The summed E-state index contributed by atoms with van der Waals surface area (Å²) in [5.74, 6) is 0.162. The molecule has 2 aromatic carbocycles. The first-order valence-electron chi connectivity index (χ1n) is 7.86. The molecule has 0 N–H and O–H groups in total. The van der Waals surface area contributed by atoms with E-state index in [0.29, 0.717) is 29.9 Å². The zero-order chi connectivity index (χ0) is 16.5. The van der Waals surface area contributed by atoms with Gasteiger partial charge in [0, 0.05) is 30.2 Å². The molecule has 0 aliphatic carbocycles.